The third-order valence-corrected chi connectivity index (χ3v) is 6.01. The molecule has 0 spiro atoms. The molecule has 0 fully saturated rings. The van der Waals surface area contributed by atoms with Crippen LogP contribution < -0.4 is 9.46 Å². The van der Waals surface area contributed by atoms with Gasteiger partial charge in [-0.15, -0.1) is 0 Å². The first kappa shape index (κ1) is 21.3. The molecule has 0 radical (unpaired) electrons. The van der Waals surface area contributed by atoms with Crippen LogP contribution in [-0.2, 0) is 14.8 Å². The number of carboxylic acid groups (broad SMARTS) is 1. The maximum atomic E-state index is 14.4. The van der Waals surface area contributed by atoms with Crippen molar-refractivity contribution in [3.63, 3.8) is 0 Å². The lowest BCUT2D eigenvalue weighted by Gasteiger charge is -2.16. The van der Waals surface area contributed by atoms with Crippen molar-refractivity contribution >= 4 is 21.7 Å². The van der Waals surface area contributed by atoms with E-state index < -0.39 is 28.4 Å². The maximum absolute atomic E-state index is 14.4. The number of nitrogens with one attached hydrogen (secondary N) is 1. The lowest BCUT2D eigenvalue weighted by atomic mass is 10.1. The van der Waals surface area contributed by atoms with E-state index in [1.165, 1.54) is 31.2 Å². The van der Waals surface area contributed by atoms with Crippen LogP contribution in [0.1, 0.15) is 11.1 Å². The van der Waals surface area contributed by atoms with Gasteiger partial charge >= 0.3 is 5.97 Å². The van der Waals surface area contributed by atoms with Gasteiger partial charge < -0.3 is 9.84 Å². The second kappa shape index (κ2) is 8.54. The molecule has 0 bridgehead atoms. The monoisotopic (exact) mass is 429 g/mol. The van der Waals surface area contributed by atoms with Gasteiger partial charge in [0.05, 0.1) is 10.6 Å². The molecule has 0 aliphatic rings. The Hall–Kier alpha value is -3.39. The van der Waals surface area contributed by atoms with E-state index in [-0.39, 0.29) is 21.9 Å². The first-order valence-corrected chi connectivity index (χ1v) is 10.5. The molecular weight excluding hydrogens is 409 g/mol. The van der Waals surface area contributed by atoms with Crippen molar-refractivity contribution in [2.45, 2.75) is 18.7 Å². The Labute approximate surface area is 174 Å². The number of aliphatic carboxylic acids is 1. The second-order valence-electron chi connectivity index (χ2n) is 6.68. The summed E-state index contributed by atoms with van der Waals surface area (Å²) in [4.78, 5) is 10.7. The summed E-state index contributed by atoms with van der Waals surface area (Å²) in [5, 5.41) is 8.83. The Kier molecular flexibility index (Phi) is 6.07. The lowest BCUT2D eigenvalue weighted by molar-refractivity contribution is -0.139. The van der Waals surface area contributed by atoms with Crippen LogP contribution in [0.25, 0.3) is 11.1 Å². The first-order chi connectivity index (χ1) is 14.2. The number of aryl methyl sites for hydroxylation is 1. The molecular formula is C22H20FNO5S. The molecule has 0 unspecified atom stereocenters. The van der Waals surface area contributed by atoms with Crippen molar-refractivity contribution in [1.29, 1.82) is 0 Å². The zero-order chi connectivity index (χ0) is 21.9. The van der Waals surface area contributed by atoms with Crippen LogP contribution in [0.2, 0.25) is 0 Å². The van der Waals surface area contributed by atoms with Gasteiger partial charge in [-0.05, 0) is 48.7 Å². The number of hydrogen-bond donors (Lipinski definition) is 2. The molecule has 3 rings (SSSR count). The van der Waals surface area contributed by atoms with E-state index in [0.29, 0.717) is 11.1 Å². The van der Waals surface area contributed by atoms with Gasteiger partial charge in [0.1, 0.15) is 11.6 Å². The van der Waals surface area contributed by atoms with Crippen LogP contribution in [0.3, 0.4) is 0 Å². The normalized spacial score (nSPS) is 11.2. The number of ether oxygens (including phenoxy) is 1. The fraction of sp³-hybridized carbons (Fsp3) is 0.136. The maximum Gasteiger partial charge on any atom is 0.341 e. The van der Waals surface area contributed by atoms with Gasteiger partial charge in [0.25, 0.3) is 10.0 Å². The van der Waals surface area contributed by atoms with Gasteiger partial charge in [0, 0.05) is 5.56 Å². The van der Waals surface area contributed by atoms with Gasteiger partial charge in [-0.1, -0.05) is 42.5 Å². The molecule has 3 aromatic rings. The predicted octanol–water partition coefficient (Wildman–Crippen LogP) is 4.37. The van der Waals surface area contributed by atoms with Crippen molar-refractivity contribution in [2.75, 3.05) is 11.3 Å². The minimum Gasteiger partial charge on any atom is -0.481 e. The Morgan fingerprint density at radius 2 is 1.73 bits per heavy atom. The fourth-order valence-corrected chi connectivity index (χ4v) is 4.37. The number of benzene rings is 3. The molecule has 0 atom stereocenters. The van der Waals surface area contributed by atoms with Crippen LogP contribution in [0, 0.1) is 19.7 Å². The molecule has 30 heavy (non-hydrogen) atoms. The molecule has 156 valence electrons. The summed E-state index contributed by atoms with van der Waals surface area (Å²) in [6.45, 7) is 2.58. The van der Waals surface area contributed by atoms with Crippen molar-refractivity contribution in [1.82, 2.24) is 0 Å². The van der Waals surface area contributed by atoms with E-state index in [0.717, 1.165) is 5.56 Å². The zero-order valence-corrected chi connectivity index (χ0v) is 17.2. The molecule has 2 N–H and O–H groups in total. The largest absolute Gasteiger partial charge is 0.481 e. The molecule has 8 heteroatoms. The molecule has 0 amide bonds. The number of rotatable bonds is 7. The molecule has 6 nitrogen and oxygen atoms in total. The third-order valence-electron chi connectivity index (χ3n) is 4.50. The van der Waals surface area contributed by atoms with Gasteiger partial charge in [0.15, 0.2) is 6.61 Å². The number of hydrogen-bond acceptors (Lipinski definition) is 4. The minimum absolute atomic E-state index is 0.127. The number of carbonyl (C=O) groups is 1. The topological polar surface area (TPSA) is 92.7 Å². The van der Waals surface area contributed by atoms with Gasteiger partial charge in [-0.2, -0.15) is 0 Å². The summed E-state index contributed by atoms with van der Waals surface area (Å²) in [7, 11) is -4.16. The van der Waals surface area contributed by atoms with Crippen LogP contribution in [0.15, 0.2) is 65.6 Å². The van der Waals surface area contributed by atoms with Crippen LogP contribution in [0.4, 0.5) is 10.1 Å². The number of sulfonamides is 1. The van der Waals surface area contributed by atoms with Crippen molar-refractivity contribution in [3.8, 4) is 16.9 Å². The van der Waals surface area contributed by atoms with Gasteiger partial charge in [-0.25, -0.2) is 17.6 Å². The zero-order valence-electron chi connectivity index (χ0n) is 16.3. The summed E-state index contributed by atoms with van der Waals surface area (Å²) in [5.41, 5.74) is 2.10. The van der Waals surface area contributed by atoms with Gasteiger partial charge in [0.2, 0.25) is 0 Å². The van der Waals surface area contributed by atoms with E-state index in [1.54, 1.807) is 13.0 Å². The standard InChI is InChI=1S/C22H20FNO5S/c1-14-8-11-20(15(2)22(14)29-13-21(25)26)30(27,28)24-19-12-17(9-10-18(19)23)16-6-4-3-5-7-16/h3-12,24H,13H2,1-2H3,(H,25,26). The van der Waals surface area contributed by atoms with E-state index in [4.69, 9.17) is 9.84 Å². The molecule has 0 aromatic heterocycles. The third kappa shape index (κ3) is 4.60. The summed E-state index contributed by atoms with van der Waals surface area (Å²) in [6.07, 6.45) is 0. The van der Waals surface area contributed by atoms with Crippen molar-refractivity contribution in [2.24, 2.45) is 0 Å². The average Bonchev–Trinajstić information content (AvgIpc) is 2.69. The van der Waals surface area contributed by atoms with Crippen molar-refractivity contribution < 1.29 is 27.4 Å². The SMILES string of the molecule is Cc1ccc(S(=O)(=O)Nc2cc(-c3ccccc3)ccc2F)c(C)c1OCC(=O)O. The molecule has 0 aliphatic carbocycles. The molecule has 0 saturated carbocycles. The summed E-state index contributed by atoms with van der Waals surface area (Å²) >= 11 is 0. The summed E-state index contributed by atoms with van der Waals surface area (Å²) in [6, 6.07) is 16.3. The molecule has 0 heterocycles. The van der Waals surface area contributed by atoms with Crippen LogP contribution in [0.5, 0.6) is 5.75 Å². The van der Waals surface area contributed by atoms with E-state index >= 15 is 0 Å². The van der Waals surface area contributed by atoms with E-state index in [1.807, 2.05) is 30.3 Å². The summed E-state index contributed by atoms with van der Waals surface area (Å²) < 4.78 is 47.9. The highest BCUT2D eigenvalue weighted by atomic mass is 32.2. The number of anilines is 1. The quantitative estimate of drug-likeness (QED) is 0.582. The molecule has 3 aromatic carbocycles. The Bertz CT molecular complexity index is 1190. The highest BCUT2D eigenvalue weighted by Gasteiger charge is 2.22. The molecule has 0 saturated heterocycles. The smallest absolute Gasteiger partial charge is 0.341 e. The number of halogens is 1. The van der Waals surface area contributed by atoms with Gasteiger partial charge in [-0.3, -0.25) is 4.72 Å². The number of carboxylic acids is 1. The second-order valence-corrected chi connectivity index (χ2v) is 8.33. The lowest BCUT2D eigenvalue weighted by Crippen LogP contribution is -2.17. The van der Waals surface area contributed by atoms with E-state index in [9.17, 15) is 17.6 Å². The highest BCUT2D eigenvalue weighted by molar-refractivity contribution is 7.92. The molecule has 0 aliphatic heterocycles. The Morgan fingerprint density at radius 3 is 2.40 bits per heavy atom. The first-order valence-electron chi connectivity index (χ1n) is 9.01. The Morgan fingerprint density at radius 1 is 1.03 bits per heavy atom. The Balaban J connectivity index is 1.98. The van der Waals surface area contributed by atoms with E-state index in [2.05, 4.69) is 4.72 Å². The predicted molar refractivity (Wildman–Crippen MR) is 112 cm³/mol. The highest BCUT2D eigenvalue weighted by Crippen LogP contribution is 2.31. The average molecular weight is 429 g/mol. The van der Waals surface area contributed by atoms with Crippen LogP contribution in [-0.4, -0.2) is 26.1 Å². The van der Waals surface area contributed by atoms with Crippen molar-refractivity contribution in [3.05, 3.63) is 77.6 Å². The van der Waals surface area contributed by atoms with Crippen LogP contribution >= 0.6 is 0 Å². The summed E-state index contributed by atoms with van der Waals surface area (Å²) in [5.74, 6) is -1.73. The fourth-order valence-electron chi connectivity index (χ4n) is 3.07. The minimum atomic E-state index is -4.16.